The van der Waals surface area contributed by atoms with Gasteiger partial charge in [-0.1, -0.05) is 53.2 Å². The molecule has 0 aliphatic rings. The summed E-state index contributed by atoms with van der Waals surface area (Å²) in [5.74, 6) is 0.914. The number of aromatic nitrogens is 5. The number of imidazole rings is 1. The van der Waals surface area contributed by atoms with Gasteiger partial charge >= 0.3 is 0 Å². The summed E-state index contributed by atoms with van der Waals surface area (Å²) in [6.07, 6.45) is 0.490. The van der Waals surface area contributed by atoms with Gasteiger partial charge in [-0.25, -0.2) is 4.98 Å². The average Bonchev–Trinajstić information content (AvgIpc) is 3.60. The van der Waals surface area contributed by atoms with Crippen molar-refractivity contribution in [2.45, 2.75) is 12.5 Å². The fourth-order valence-electron chi connectivity index (χ4n) is 4.32. The Morgan fingerprint density at radius 1 is 1.03 bits per heavy atom. The molecule has 7 N–H and O–H groups in total. The number of hydrogen-bond donors (Lipinski definition) is 5. The fraction of sp³-hybridized carbons (Fsp3) is 0.0769. The summed E-state index contributed by atoms with van der Waals surface area (Å²) in [5.41, 5.74) is 15.7. The van der Waals surface area contributed by atoms with E-state index in [9.17, 15) is 4.79 Å². The van der Waals surface area contributed by atoms with Crippen molar-refractivity contribution in [3.05, 3.63) is 88.8 Å². The van der Waals surface area contributed by atoms with Crippen LogP contribution in [-0.2, 0) is 6.42 Å². The van der Waals surface area contributed by atoms with Gasteiger partial charge in [0, 0.05) is 16.5 Å². The Labute approximate surface area is 215 Å². The highest BCUT2D eigenvalue weighted by atomic mass is 35.5. The van der Waals surface area contributed by atoms with Gasteiger partial charge in [-0.2, -0.15) is 5.10 Å². The van der Waals surface area contributed by atoms with Crippen LogP contribution in [0.3, 0.4) is 0 Å². The van der Waals surface area contributed by atoms with Gasteiger partial charge in [-0.05, 0) is 42.3 Å². The van der Waals surface area contributed by atoms with E-state index in [1.54, 1.807) is 18.2 Å². The van der Waals surface area contributed by atoms with Crippen molar-refractivity contribution in [2.24, 2.45) is 0 Å². The zero-order chi connectivity index (χ0) is 25.5. The molecule has 0 radical (unpaired) electrons. The average molecular weight is 513 g/mol. The lowest BCUT2D eigenvalue weighted by molar-refractivity contribution is 0.0935. The maximum atomic E-state index is 13.3. The van der Waals surface area contributed by atoms with Gasteiger partial charge < -0.3 is 26.3 Å². The fourth-order valence-corrected chi connectivity index (χ4v) is 4.57. The molecule has 6 rings (SSSR count). The van der Waals surface area contributed by atoms with Gasteiger partial charge in [-0.3, -0.25) is 9.89 Å². The Hall–Kier alpha value is -4.83. The molecule has 3 aromatic carbocycles. The number of fused-ring (bicyclic) bond motifs is 2. The van der Waals surface area contributed by atoms with E-state index in [-0.39, 0.29) is 11.7 Å². The predicted molar refractivity (Wildman–Crippen MR) is 142 cm³/mol. The van der Waals surface area contributed by atoms with E-state index in [1.807, 2.05) is 48.5 Å². The molecule has 0 saturated carbocycles. The minimum absolute atomic E-state index is 0.276. The van der Waals surface area contributed by atoms with Crippen molar-refractivity contribution in [3.8, 4) is 11.3 Å². The zero-order valence-electron chi connectivity index (χ0n) is 19.3. The summed E-state index contributed by atoms with van der Waals surface area (Å²) >= 11 is 6.59. The minimum atomic E-state index is -0.497. The largest absolute Gasteiger partial charge is 0.382 e. The first-order chi connectivity index (χ1) is 18.0. The summed E-state index contributed by atoms with van der Waals surface area (Å²) in [5, 5.41) is 15.6. The topological polar surface area (TPSA) is 165 Å². The molecular weight excluding hydrogens is 492 g/mol. The standard InChI is InChI=1S/C26H21ClN8O2/c27-22-21(14-6-8-16-18(11-14)33-34-23(16)28)31-25(32-22)19(10-13-4-2-1-3-5-13)30-26(36)15-7-9-17-20(12-15)37-35-24(17)29/h1-9,11-12,19H,10H2,(H2,29,35)(H,30,36)(H,31,32)(H3,28,33,34)/t19-/m0/s1. The third-order valence-electron chi connectivity index (χ3n) is 6.22. The van der Waals surface area contributed by atoms with E-state index >= 15 is 0 Å². The van der Waals surface area contributed by atoms with Crippen LogP contribution in [0.25, 0.3) is 33.1 Å². The summed E-state index contributed by atoms with van der Waals surface area (Å²) in [6, 6.07) is 19.9. The van der Waals surface area contributed by atoms with Crippen molar-refractivity contribution in [1.82, 2.24) is 30.6 Å². The van der Waals surface area contributed by atoms with Crippen molar-refractivity contribution < 1.29 is 9.32 Å². The number of nitrogens with one attached hydrogen (secondary N) is 3. The number of nitrogens with two attached hydrogens (primary N) is 2. The molecule has 0 aliphatic carbocycles. The second-order valence-electron chi connectivity index (χ2n) is 8.65. The summed E-state index contributed by atoms with van der Waals surface area (Å²) in [6.45, 7) is 0. The monoisotopic (exact) mass is 512 g/mol. The minimum Gasteiger partial charge on any atom is -0.382 e. The molecule has 0 saturated heterocycles. The van der Waals surface area contributed by atoms with Crippen molar-refractivity contribution >= 4 is 51.0 Å². The van der Waals surface area contributed by atoms with Crippen LogP contribution in [0.4, 0.5) is 11.6 Å². The number of H-pyrrole nitrogens is 2. The lowest BCUT2D eigenvalue weighted by Gasteiger charge is -2.17. The number of halogens is 1. The van der Waals surface area contributed by atoms with Gasteiger partial charge in [-0.15, -0.1) is 0 Å². The zero-order valence-corrected chi connectivity index (χ0v) is 20.1. The van der Waals surface area contributed by atoms with Crippen LogP contribution >= 0.6 is 11.6 Å². The quantitative estimate of drug-likeness (QED) is 0.217. The molecule has 0 spiro atoms. The molecule has 10 nitrogen and oxygen atoms in total. The highest BCUT2D eigenvalue weighted by molar-refractivity contribution is 6.32. The molecular formula is C26H21ClN8O2. The Morgan fingerprint density at radius 3 is 2.68 bits per heavy atom. The number of hydrogen-bond acceptors (Lipinski definition) is 7. The van der Waals surface area contributed by atoms with E-state index in [1.165, 1.54) is 0 Å². The van der Waals surface area contributed by atoms with E-state index in [2.05, 4.69) is 25.7 Å². The molecule has 0 fully saturated rings. The highest BCUT2D eigenvalue weighted by Gasteiger charge is 2.23. The van der Waals surface area contributed by atoms with E-state index in [0.29, 0.717) is 45.4 Å². The Morgan fingerprint density at radius 2 is 1.84 bits per heavy atom. The van der Waals surface area contributed by atoms with E-state index in [4.69, 9.17) is 32.6 Å². The number of anilines is 2. The Balaban J connectivity index is 1.34. The van der Waals surface area contributed by atoms with Crippen LogP contribution in [0.1, 0.15) is 27.8 Å². The number of rotatable bonds is 6. The number of carbonyl (C=O) groups excluding carboxylic acids is 1. The van der Waals surface area contributed by atoms with Crippen LogP contribution in [0.5, 0.6) is 0 Å². The first kappa shape index (κ1) is 22.6. The normalized spacial score (nSPS) is 12.2. The molecule has 11 heteroatoms. The molecule has 3 aromatic heterocycles. The SMILES string of the molecule is Nc1n[nH]c2cc(-c3nc([C@H](Cc4ccccc4)NC(=O)c4ccc5c(N)noc5c4)[nH]c3Cl)ccc12. The number of nitrogens with zero attached hydrogens (tertiary/aromatic N) is 3. The van der Waals surface area contributed by atoms with Gasteiger partial charge in [0.25, 0.3) is 5.91 Å². The molecule has 1 atom stereocenters. The van der Waals surface area contributed by atoms with Crippen molar-refractivity contribution in [3.63, 3.8) is 0 Å². The molecule has 3 heterocycles. The first-order valence-corrected chi connectivity index (χ1v) is 11.8. The summed E-state index contributed by atoms with van der Waals surface area (Å²) in [7, 11) is 0. The molecule has 0 bridgehead atoms. The molecule has 0 unspecified atom stereocenters. The number of nitrogen functional groups attached to an aromatic ring is 2. The number of carbonyl (C=O) groups is 1. The van der Waals surface area contributed by atoms with Gasteiger partial charge in [0.2, 0.25) is 0 Å². The van der Waals surface area contributed by atoms with Crippen molar-refractivity contribution in [1.29, 1.82) is 0 Å². The number of amides is 1. The van der Waals surface area contributed by atoms with Gasteiger partial charge in [0.05, 0.1) is 16.9 Å². The first-order valence-electron chi connectivity index (χ1n) is 11.5. The Kier molecular flexibility index (Phi) is 5.50. The second-order valence-corrected chi connectivity index (χ2v) is 9.03. The number of aromatic amines is 2. The molecule has 184 valence electrons. The Bertz CT molecular complexity index is 1760. The molecule has 1 amide bonds. The van der Waals surface area contributed by atoms with Crippen LogP contribution in [-0.4, -0.2) is 31.2 Å². The van der Waals surface area contributed by atoms with Gasteiger partial charge in [0.15, 0.2) is 17.2 Å². The van der Waals surface area contributed by atoms with Crippen molar-refractivity contribution in [2.75, 3.05) is 11.5 Å². The molecule has 6 aromatic rings. The van der Waals surface area contributed by atoms with Crippen LogP contribution in [0.2, 0.25) is 5.15 Å². The second kappa shape index (κ2) is 8.99. The molecule has 0 aliphatic heterocycles. The summed E-state index contributed by atoms with van der Waals surface area (Å²) < 4.78 is 5.22. The van der Waals surface area contributed by atoms with Crippen LogP contribution in [0, 0.1) is 0 Å². The van der Waals surface area contributed by atoms with Crippen LogP contribution < -0.4 is 16.8 Å². The predicted octanol–water partition coefficient (Wildman–Crippen LogP) is 4.63. The molecule has 37 heavy (non-hydrogen) atoms. The summed E-state index contributed by atoms with van der Waals surface area (Å²) in [4.78, 5) is 21.2. The van der Waals surface area contributed by atoms with E-state index < -0.39 is 6.04 Å². The lowest BCUT2D eigenvalue weighted by atomic mass is 10.0. The van der Waals surface area contributed by atoms with E-state index in [0.717, 1.165) is 22.0 Å². The van der Waals surface area contributed by atoms with Gasteiger partial charge in [0.1, 0.15) is 16.7 Å². The third-order valence-corrected chi connectivity index (χ3v) is 6.50. The third kappa shape index (κ3) is 4.23. The van der Waals surface area contributed by atoms with Crippen LogP contribution in [0.15, 0.2) is 71.3 Å². The maximum Gasteiger partial charge on any atom is 0.252 e. The maximum absolute atomic E-state index is 13.3. The highest BCUT2D eigenvalue weighted by Crippen LogP contribution is 2.31. The smallest absolute Gasteiger partial charge is 0.252 e. The lowest BCUT2D eigenvalue weighted by Crippen LogP contribution is -2.30. The number of benzene rings is 3.